The van der Waals surface area contributed by atoms with E-state index in [0.29, 0.717) is 26.1 Å². The second kappa shape index (κ2) is 5.95. The van der Waals surface area contributed by atoms with Gasteiger partial charge in [-0.1, -0.05) is 6.42 Å². The zero-order valence-electron chi connectivity index (χ0n) is 11.6. The van der Waals surface area contributed by atoms with Crippen LogP contribution in [0.2, 0.25) is 0 Å². The molecule has 1 fully saturated rings. The van der Waals surface area contributed by atoms with Crippen LogP contribution in [0.25, 0.3) is 0 Å². The number of aryl methyl sites for hydroxylation is 2. The van der Waals surface area contributed by atoms with Gasteiger partial charge in [0, 0.05) is 30.9 Å². The van der Waals surface area contributed by atoms with E-state index in [9.17, 15) is 9.59 Å². The maximum absolute atomic E-state index is 12.6. The highest BCUT2D eigenvalue weighted by Gasteiger charge is 2.23. The predicted octanol–water partition coefficient (Wildman–Crippen LogP) is 1.98. The van der Waals surface area contributed by atoms with Gasteiger partial charge in [0.05, 0.1) is 4.88 Å². The van der Waals surface area contributed by atoms with Gasteiger partial charge in [-0.25, -0.2) is 0 Å². The molecule has 0 spiro atoms. The minimum Gasteiger partial charge on any atom is -0.354 e. The van der Waals surface area contributed by atoms with Crippen LogP contribution in [0.15, 0.2) is 6.07 Å². The summed E-state index contributed by atoms with van der Waals surface area (Å²) in [6.45, 7) is 1.72. The standard InChI is InChI=1S/C15H20N2O2S/c18-14-6-8-17(9-7-16-14)15(19)13-10-11-4-2-1-3-5-12(11)20-13/h10H,1-9H2,(H,16,18). The molecule has 0 atom stereocenters. The smallest absolute Gasteiger partial charge is 0.264 e. The molecule has 0 unspecified atom stereocenters. The van der Waals surface area contributed by atoms with Crippen molar-refractivity contribution in [2.75, 3.05) is 19.6 Å². The summed E-state index contributed by atoms with van der Waals surface area (Å²) in [5, 5.41) is 2.81. The first kappa shape index (κ1) is 13.6. The normalized spacial score (nSPS) is 19.8. The maximum atomic E-state index is 12.6. The number of carbonyl (C=O) groups is 2. The van der Waals surface area contributed by atoms with Crippen molar-refractivity contribution in [3.05, 3.63) is 21.4 Å². The summed E-state index contributed by atoms with van der Waals surface area (Å²) in [6.07, 6.45) is 6.41. The minimum atomic E-state index is 0.0438. The van der Waals surface area contributed by atoms with Crippen molar-refractivity contribution in [1.82, 2.24) is 10.2 Å². The summed E-state index contributed by atoms with van der Waals surface area (Å²) in [7, 11) is 0. The number of thiophene rings is 1. The molecule has 1 N–H and O–H groups in total. The van der Waals surface area contributed by atoms with Crippen molar-refractivity contribution in [2.24, 2.45) is 0 Å². The highest BCUT2D eigenvalue weighted by molar-refractivity contribution is 7.14. The van der Waals surface area contributed by atoms with Gasteiger partial charge in [0.15, 0.2) is 0 Å². The lowest BCUT2D eigenvalue weighted by Gasteiger charge is -2.18. The van der Waals surface area contributed by atoms with Crippen LogP contribution in [0.1, 0.15) is 45.8 Å². The van der Waals surface area contributed by atoms with Crippen molar-refractivity contribution in [3.8, 4) is 0 Å². The van der Waals surface area contributed by atoms with Gasteiger partial charge in [-0.3, -0.25) is 9.59 Å². The van der Waals surface area contributed by atoms with Crippen molar-refractivity contribution in [3.63, 3.8) is 0 Å². The van der Waals surface area contributed by atoms with Crippen LogP contribution in [0.3, 0.4) is 0 Å². The summed E-state index contributed by atoms with van der Waals surface area (Å²) in [5.74, 6) is 0.141. The molecule has 2 aliphatic rings. The van der Waals surface area contributed by atoms with E-state index in [1.54, 1.807) is 11.3 Å². The molecule has 5 heteroatoms. The zero-order chi connectivity index (χ0) is 13.9. The molecule has 1 aliphatic carbocycles. The number of nitrogens with one attached hydrogen (secondary N) is 1. The van der Waals surface area contributed by atoms with Gasteiger partial charge in [0.2, 0.25) is 5.91 Å². The van der Waals surface area contributed by atoms with Crippen molar-refractivity contribution >= 4 is 23.2 Å². The van der Waals surface area contributed by atoms with Gasteiger partial charge in [0.1, 0.15) is 0 Å². The molecule has 0 aromatic carbocycles. The number of hydrogen-bond acceptors (Lipinski definition) is 3. The van der Waals surface area contributed by atoms with Crippen molar-refractivity contribution < 1.29 is 9.59 Å². The monoisotopic (exact) mass is 292 g/mol. The first-order valence-corrected chi connectivity index (χ1v) is 8.23. The molecule has 1 saturated heterocycles. The van der Waals surface area contributed by atoms with Crippen LogP contribution >= 0.6 is 11.3 Å². The molecular formula is C15H20N2O2S. The fraction of sp³-hybridized carbons (Fsp3) is 0.600. The summed E-state index contributed by atoms with van der Waals surface area (Å²) in [4.78, 5) is 28.0. The number of hydrogen-bond donors (Lipinski definition) is 1. The lowest BCUT2D eigenvalue weighted by atomic mass is 10.1. The molecule has 108 valence electrons. The molecular weight excluding hydrogens is 272 g/mol. The lowest BCUT2D eigenvalue weighted by Crippen LogP contribution is -2.33. The SMILES string of the molecule is O=C1CCN(C(=O)c2cc3c(s2)CCCCC3)CCN1. The van der Waals surface area contributed by atoms with E-state index >= 15 is 0 Å². The summed E-state index contributed by atoms with van der Waals surface area (Å²) < 4.78 is 0. The van der Waals surface area contributed by atoms with Gasteiger partial charge in [0.25, 0.3) is 5.91 Å². The first-order chi connectivity index (χ1) is 9.74. The number of nitrogens with zero attached hydrogens (tertiary/aromatic N) is 1. The highest BCUT2D eigenvalue weighted by Crippen LogP contribution is 2.29. The Balaban J connectivity index is 1.75. The molecule has 20 heavy (non-hydrogen) atoms. The Morgan fingerprint density at radius 2 is 2.00 bits per heavy atom. The van der Waals surface area contributed by atoms with E-state index < -0.39 is 0 Å². The number of fused-ring (bicyclic) bond motifs is 1. The minimum absolute atomic E-state index is 0.0438. The van der Waals surface area contributed by atoms with Gasteiger partial charge >= 0.3 is 0 Å². The molecule has 2 amide bonds. The molecule has 3 rings (SSSR count). The van der Waals surface area contributed by atoms with E-state index in [0.717, 1.165) is 17.7 Å². The average molecular weight is 292 g/mol. The quantitative estimate of drug-likeness (QED) is 0.805. The average Bonchev–Trinajstić information content (AvgIpc) is 2.61. The third-order valence-electron chi connectivity index (χ3n) is 4.06. The molecule has 0 saturated carbocycles. The van der Waals surface area contributed by atoms with Crippen LogP contribution in [0.5, 0.6) is 0 Å². The zero-order valence-corrected chi connectivity index (χ0v) is 12.4. The molecule has 0 radical (unpaired) electrons. The molecule has 1 aromatic rings. The van der Waals surface area contributed by atoms with Crippen molar-refractivity contribution in [1.29, 1.82) is 0 Å². The van der Waals surface area contributed by atoms with E-state index in [1.807, 2.05) is 4.90 Å². The van der Waals surface area contributed by atoms with Gasteiger partial charge in [-0.15, -0.1) is 11.3 Å². The molecule has 1 aliphatic heterocycles. The highest BCUT2D eigenvalue weighted by atomic mass is 32.1. The maximum Gasteiger partial charge on any atom is 0.264 e. The van der Waals surface area contributed by atoms with Gasteiger partial charge < -0.3 is 10.2 Å². The summed E-state index contributed by atoms with van der Waals surface area (Å²) in [5.41, 5.74) is 1.37. The molecule has 1 aromatic heterocycles. The molecule has 4 nitrogen and oxygen atoms in total. The molecule has 0 bridgehead atoms. The van der Waals surface area contributed by atoms with Crippen LogP contribution in [0, 0.1) is 0 Å². The largest absolute Gasteiger partial charge is 0.354 e. The number of amides is 2. The summed E-state index contributed by atoms with van der Waals surface area (Å²) >= 11 is 1.66. The first-order valence-electron chi connectivity index (χ1n) is 7.41. The van der Waals surface area contributed by atoms with Gasteiger partial charge in [-0.2, -0.15) is 0 Å². The van der Waals surface area contributed by atoms with Crippen LogP contribution in [0.4, 0.5) is 0 Å². The van der Waals surface area contributed by atoms with Crippen molar-refractivity contribution in [2.45, 2.75) is 38.5 Å². The molecule has 2 heterocycles. The van der Waals surface area contributed by atoms with Crippen LogP contribution < -0.4 is 5.32 Å². The number of carbonyl (C=O) groups excluding carboxylic acids is 2. The van der Waals surface area contributed by atoms with E-state index in [-0.39, 0.29) is 11.8 Å². The Labute approximate surface area is 123 Å². The Hall–Kier alpha value is -1.36. The lowest BCUT2D eigenvalue weighted by molar-refractivity contribution is -0.120. The Kier molecular flexibility index (Phi) is 4.05. The van der Waals surface area contributed by atoms with Crippen LogP contribution in [-0.4, -0.2) is 36.3 Å². The Bertz CT molecular complexity index is 500. The Morgan fingerprint density at radius 3 is 2.90 bits per heavy atom. The van der Waals surface area contributed by atoms with E-state index in [4.69, 9.17) is 0 Å². The summed E-state index contributed by atoms with van der Waals surface area (Å²) in [6, 6.07) is 2.09. The van der Waals surface area contributed by atoms with Crippen LogP contribution in [-0.2, 0) is 17.6 Å². The number of rotatable bonds is 1. The third kappa shape index (κ3) is 2.87. The Morgan fingerprint density at radius 1 is 1.15 bits per heavy atom. The second-order valence-corrected chi connectivity index (χ2v) is 6.65. The fourth-order valence-electron chi connectivity index (χ4n) is 2.90. The predicted molar refractivity (Wildman–Crippen MR) is 79.1 cm³/mol. The van der Waals surface area contributed by atoms with Gasteiger partial charge in [-0.05, 0) is 37.3 Å². The topological polar surface area (TPSA) is 49.4 Å². The van der Waals surface area contributed by atoms with E-state index in [1.165, 1.54) is 29.7 Å². The fourth-order valence-corrected chi connectivity index (χ4v) is 4.12. The third-order valence-corrected chi connectivity index (χ3v) is 5.28. The van der Waals surface area contributed by atoms with E-state index in [2.05, 4.69) is 11.4 Å². The second-order valence-electron chi connectivity index (χ2n) is 5.51.